The molecule has 0 aliphatic carbocycles. The van der Waals surface area contributed by atoms with Crippen LogP contribution in [0, 0.1) is 0 Å². The molecule has 2 aromatic carbocycles. The first-order valence-electron chi connectivity index (χ1n) is 8.37. The van der Waals surface area contributed by atoms with Crippen LogP contribution in [0.5, 0.6) is 5.75 Å². The number of hydrogen-bond acceptors (Lipinski definition) is 4. The molecule has 1 unspecified atom stereocenters. The quantitative estimate of drug-likeness (QED) is 0.918. The summed E-state index contributed by atoms with van der Waals surface area (Å²) in [6.45, 7) is 2.98. The molecule has 2 aromatic rings. The predicted molar refractivity (Wildman–Crippen MR) is 100 cm³/mol. The highest BCUT2D eigenvalue weighted by Gasteiger charge is 2.31. The predicted octanol–water partition coefficient (Wildman–Crippen LogP) is 3.35. The maximum atomic E-state index is 12.1. The molecule has 0 aromatic heterocycles. The minimum Gasteiger partial charge on any atom is -0.497 e. The number of carbonyl (C=O) groups excluding carboxylic acids is 2. The first-order chi connectivity index (χ1) is 12.5. The van der Waals surface area contributed by atoms with E-state index in [1.807, 2.05) is 48.5 Å². The Hall–Kier alpha value is -3.15. The van der Waals surface area contributed by atoms with Crippen molar-refractivity contribution in [2.24, 2.45) is 5.10 Å². The van der Waals surface area contributed by atoms with Gasteiger partial charge in [-0.05, 0) is 47.5 Å². The zero-order valence-electron chi connectivity index (χ0n) is 15.0. The van der Waals surface area contributed by atoms with E-state index >= 15 is 0 Å². The van der Waals surface area contributed by atoms with Crippen LogP contribution in [0.15, 0.2) is 53.6 Å². The van der Waals surface area contributed by atoms with E-state index in [1.54, 1.807) is 7.11 Å². The molecule has 6 heteroatoms. The molecule has 1 heterocycles. The fourth-order valence-corrected chi connectivity index (χ4v) is 3.01. The smallest absolute Gasteiger partial charge is 0.240 e. The Morgan fingerprint density at radius 2 is 1.73 bits per heavy atom. The zero-order chi connectivity index (χ0) is 18.7. The first kappa shape index (κ1) is 17.7. The van der Waals surface area contributed by atoms with Crippen LogP contribution in [0.1, 0.15) is 37.4 Å². The lowest BCUT2D eigenvalue weighted by molar-refractivity contribution is -0.130. The molecule has 0 spiro atoms. The topological polar surface area (TPSA) is 71.0 Å². The van der Waals surface area contributed by atoms with Crippen LogP contribution in [0.2, 0.25) is 0 Å². The van der Waals surface area contributed by atoms with Gasteiger partial charge in [0.25, 0.3) is 0 Å². The van der Waals surface area contributed by atoms with Crippen LogP contribution < -0.4 is 10.1 Å². The van der Waals surface area contributed by atoms with E-state index in [2.05, 4.69) is 10.4 Å². The summed E-state index contributed by atoms with van der Waals surface area (Å²) in [7, 11) is 1.63. The first-order valence-corrected chi connectivity index (χ1v) is 8.37. The Labute approximate surface area is 152 Å². The second-order valence-corrected chi connectivity index (χ2v) is 6.16. The molecule has 1 aliphatic rings. The van der Waals surface area contributed by atoms with Crippen molar-refractivity contribution in [3.05, 3.63) is 59.7 Å². The van der Waals surface area contributed by atoms with Gasteiger partial charge >= 0.3 is 0 Å². The molecule has 1 atom stereocenters. The van der Waals surface area contributed by atoms with Crippen molar-refractivity contribution in [3.8, 4) is 5.75 Å². The Bertz CT molecular complexity index is 842. The molecule has 1 aliphatic heterocycles. The molecule has 3 rings (SSSR count). The number of methoxy groups -OCH3 is 1. The highest BCUT2D eigenvalue weighted by Crippen LogP contribution is 2.33. The monoisotopic (exact) mass is 351 g/mol. The van der Waals surface area contributed by atoms with E-state index < -0.39 is 0 Å². The summed E-state index contributed by atoms with van der Waals surface area (Å²) in [5.41, 5.74) is 3.53. The van der Waals surface area contributed by atoms with Gasteiger partial charge in [-0.3, -0.25) is 9.59 Å². The molecule has 0 saturated carbocycles. The molecule has 6 nitrogen and oxygen atoms in total. The maximum Gasteiger partial charge on any atom is 0.240 e. The van der Waals surface area contributed by atoms with Crippen molar-refractivity contribution < 1.29 is 14.3 Å². The number of hydrazone groups is 1. The Morgan fingerprint density at radius 3 is 2.27 bits per heavy atom. The fraction of sp³-hybridized carbons (Fsp3) is 0.250. The molecule has 0 fully saturated rings. The number of ether oxygens (including phenoxy) is 1. The van der Waals surface area contributed by atoms with Gasteiger partial charge in [0.05, 0.1) is 18.9 Å². The van der Waals surface area contributed by atoms with Crippen LogP contribution in [0.3, 0.4) is 0 Å². The molecule has 0 saturated heterocycles. The van der Waals surface area contributed by atoms with Gasteiger partial charge in [-0.1, -0.05) is 12.1 Å². The number of amides is 2. The van der Waals surface area contributed by atoms with Crippen molar-refractivity contribution in [2.75, 3.05) is 12.4 Å². The third-order valence-corrected chi connectivity index (χ3v) is 4.27. The lowest BCUT2D eigenvalue weighted by Gasteiger charge is -2.20. The molecular formula is C20H21N3O3. The Morgan fingerprint density at radius 1 is 1.08 bits per heavy atom. The maximum absolute atomic E-state index is 12.1. The van der Waals surface area contributed by atoms with Crippen molar-refractivity contribution in [3.63, 3.8) is 0 Å². The number of hydrogen-bond donors (Lipinski definition) is 1. The van der Waals surface area contributed by atoms with E-state index in [0.717, 1.165) is 28.3 Å². The molecule has 2 amide bonds. The second kappa shape index (κ2) is 7.39. The van der Waals surface area contributed by atoms with Crippen molar-refractivity contribution in [1.82, 2.24) is 5.01 Å². The molecule has 0 radical (unpaired) electrons. The van der Waals surface area contributed by atoms with E-state index in [9.17, 15) is 9.59 Å². The molecule has 134 valence electrons. The van der Waals surface area contributed by atoms with E-state index in [4.69, 9.17) is 4.74 Å². The van der Waals surface area contributed by atoms with Crippen LogP contribution in [-0.2, 0) is 9.59 Å². The molecular weight excluding hydrogens is 330 g/mol. The number of benzene rings is 2. The minimum absolute atomic E-state index is 0.107. The van der Waals surface area contributed by atoms with Crippen molar-refractivity contribution in [2.45, 2.75) is 26.3 Å². The molecule has 0 bridgehead atoms. The number of rotatable bonds is 4. The van der Waals surface area contributed by atoms with E-state index in [1.165, 1.54) is 18.9 Å². The summed E-state index contributed by atoms with van der Waals surface area (Å²) in [5.74, 6) is 0.555. The van der Waals surface area contributed by atoms with Crippen LogP contribution in [-0.4, -0.2) is 29.6 Å². The van der Waals surface area contributed by atoms with Gasteiger partial charge in [0.15, 0.2) is 0 Å². The van der Waals surface area contributed by atoms with Crippen LogP contribution in [0.25, 0.3) is 0 Å². The Kier molecular flexibility index (Phi) is 5.02. The van der Waals surface area contributed by atoms with Crippen molar-refractivity contribution >= 4 is 23.2 Å². The summed E-state index contributed by atoms with van der Waals surface area (Å²) < 4.78 is 5.19. The summed E-state index contributed by atoms with van der Waals surface area (Å²) in [4.78, 5) is 23.2. The second-order valence-electron chi connectivity index (χ2n) is 6.16. The average molecular weight is 351 g/mol. The third-order valence-electron chi connectivity index (χ3n) is 4.27. The van der Waals surface area contributed by atoms with Gasteiger partial charge in [-0.15, -0.1) is 0 Å². The van der Waals surface area contributed by atoms with Crippen LogP contribution >= 0.6 is 0 Å². The zero-order valence-corrected chi connectivity index (χ0v) is 15.0. The summed E-state index contributed by atoms with van der Waals surface area (Å²) in [5, 5.41) is 8.79. The number of nitrogens with one attached hydrogen (secondary N) is 1. The highest BCUT2D eigenvalue weighted by molar-refractivity contribution is 6.03. The fourth-order valence-electron chi connectivity index (χ4n) is 3.01. The number of nitrogens with zero attached hydrogens (tertiary/aromatic N) is 2. The Balaban J connectivity index is 1.84. The van der Waals surface area contributed by atoms with Gasteiger partial charge in [0.2, 0.25) is 11.8 Å². The SMILES string of the molecule is COc1ccc(C2=NN(C(C)=O)C(c3ccc(NC(C)=O)cc3)C2)cc1. The normalized spacial score (nSPS) is 16.2. The average Bonchev–Trinajstić information content (AvgIpc) is 3.07. The van der Waals surface area contributed by atoms with Gasteiger partial charge in [-0.25, -0.2) is 5.01 Å². The van der Waals surface area contributed by atoms with Gasteiger partial charge < -0.3 is 10.1 Å². The van der Waals surface area contributed by atoms with E-state index in [-0.39, 0.29) is 17.9 Å². The van der Waals surface area contributed by atoms with Gasteiger partial charge in [0.1, 0.15) is 5.75 Å². The number of carbonyl (C=O) groups is 2. The minimum atomic E-state index is -0.157. The lowest BCUT2D eigenvalue weighted by atomic mass is 9.98. The summed E-state index contributed by atoms with van der Waals surface area (Å²) in [6, 6.07) is 15.0. The molecule has 1 N–H and O–H groups in total. The molecule has 26 heavy (non-hydrogen) atoms. The van der Waals surface area contributed by atoms with Gasteiger partial charge in [-0.2, -0.15) is 5.10 Å². The van der Waals surface area contributed by atoms with Crippen molar-refractivity contribution in [1.29, 1.82) is 0 Å². The lowest BCUT2D eigenvalue weighted by Crippen LogP contribution is -2.24. The summed E-state index contributed by atoms with van der Waals surface area (Å²) >= 11 is 0. The van der Waals surface area contributed by atoms with Crippen LogP contribution in [0.4, 0.5) is 5.69 Å². The third kappa shape index (κ3) is 3.74. The number of anilines is 1. The van der Waals surface area contributed by atoms with Gasteiger partial charge in [0, 0.05) is 26.0 Å². The largest absolute Gasteiger partial charge is 0.497 e. The standard InChI is InChI=1S/C20H21N3O3/c1-13(24)21-17-8-4-16(5-9-17)20-12-19(22-23(20)14(2)25)15-6-10-18(26-3)11-7-15/h4-11,20H,12H2,1-3H3,(H,21,24). The summed E-state index contributed by atoms with van der Waals surface area (Å²) in [6.07, 6.45) is 0.630. The highest BCUT2D eigenvalue weighted by atomic mass is 16.5. The van der Waals surface area contributed by atoms with E-state index in [0.29, 0.717) is 6.42 Å².